The first-order valence-electron chi connectivity index (χ1n) is 3.68. The quantitative estimate of drug-likeness (QED) is 0.696. The molecule has 0 nitrogen and oxygen atoms in total. The molecule has 0 radical (unpaired) electrons. The van der Waals surface area contributed by atoms with Crippen molar-refractivity contribution in [2.75, 3.05) is 0 Å². The summed E-state index contributed by atoms with van der Waals surface area (Å²) in [4.78, 5) is 0. The topological polar surface area (TPSA) is 0 Å². The van der Waals surface area contributed by atoms with Crippen LogP contribution in [0.15, 0.2) is 35.3 Å². The van der Waals surface area contributed by atoms with Gasteiger partial charge in [0.05, 0.1) is 0 Å². The van der Waals surface area contributed by atoms with Crippen molar-refractivity contribution in [2.45, 2.75) is 13.3 Å². The zero-order valence-corrected chi connectivity index (χ0v) is 8.19. The minimum absolute atomic E-state index is 1.00. The van der Waals surface area contributed by atoms with Crippen LogP contribution in [0, 0.1) is 0 Å². The molecule has 0 saturated carbocycles. The molecule has 0 aliphatic rings. The van der Waals surface area contributed by atoms with E-state index in [9.17, 15) is 0 Å². The van der Waals surface area contributed by atoms with Crippen molar-refractivity contribution in [3.8, 4) is 0 Å². The van der Waals surface area contributed by atoms with E-state index in [0.717, 1.165) is 10.9 Å². The number of hydrogen-bond donors (Lipinski definition) is 0. The maximum Gasteiger partial charge on any atom is 0.0250 e. The highest BCUT2D eigenvalue weighted by Crippen LogP contribution is 2.24. The van der Waals surface area contributed by atoms with Crippen LogP contribution in [0.5, 0.6) is 0 Å². The first-order chi connectivity index (χ1) is 5.25. The Bertz CT molecular complexity index is 263. The second-order valence-corrected chi connectivity index (χ2v) is 3.29. The lowest BCUT2D eigenvalue weighted by Crippen LogP contribution is -1.81. The smallest absolute Gasteiger partial charge is 0.0250 e. The monoisotopic (exact) mass is 210 g/mol. The normalized spacial score (nSPS) is 9.64. The van der Waals surface area contributed by atoms with Gasteiger partial charge in [-0.2, -0.15) is 0 Å². The lowest BCUT2D eigenvalue weighted by Gasteiger charge is -2.03. The number of allylic oxidation sites excluding steroid dienone is 1. The SMILES string of the molecule is C=C(CC)c1ccccc1Br. The van der Waals surface area contributed by atoms with E-state index in [4.69, 9.17) is 0 Å². The van der Waals surface area contributed by atoms with E-state index in [0.29, 0.717) is 0 Å². The molecule has 0 N–H and O–H groups in total. The van der Waals surface area contributed by atoms with Crippen LogP contribution in [0.4, 0.5) is 0 Å². The van der Waals surface area contributed by atoms with Crippen LogP contribution in [-0.2, 0) is 0 Å². The molecule has 0 aliphatic carbocycles. The van der Waals surface area contributed by atoms with Crippen LogP contribution < -0.4 is 0 Å². The van der Waals surface area contributed by atoms with Gasteiger partial charge in [-0.05, 0) is 23.6 Å². The maximum absolute atomic E-state index is 3.97. The molecule has 0 spiro atoms. The zero-order valence-electron chi connectivity index (χ0n) is 6.60. The third-order valence-corrected chi connectivity index (χ3v) is 2.37. The summed E-state index contributed by atoms with van der Waals surface area (Å²) < 4.78 is 1.13. The molecular formula is C10H11Br. The fraction of sp³-hybridized carbons (Fsp3) is 0.200. The number of hydrogen-bond acceptors (Lipinski definition) is 0. The minimum Gasteiger partial charge on any atom is -0.0952 e. The molecule has 1 aromatic rings. The van der Waals surface area contributed by atoms with Gasteiger partial charge in [0.2, 0.25) is 0 Å². The fourth-order valence-corrected chi connectivity index (χ4v) is 1.50. The highest BCUT2D eigenvalue weighted by Gasteiger charge is 1.99. The Morgan fingerprint density at radius 1 is 1.45 bits per heavy atom. The highest BCUT2D eigenvalue weighted by molar-refractivity contribution is 9.10. The second kappa shape index (κ2) is 3.72. The van der Waals surface area contributed by atoms with Crippen LogP contribution in [0.25, 0.3) is 5.57 Å². The molecule has 0 unspecified atom stereocenters. The molecule has 0 bridgehead atoms. The van der Waals surface area contributed by atoms with Gasteiger partial charge in [0.25, 0.3) is 0 Å². The van der Waals surface area contributed by atoms with Crippen molar-refractivity contribution < 1.29 is 0 Å². The molecule has 1 rings (SSSR count). The lowest BCUT2D eigenvalue weighted by molar-refractivity contribution is 1.24. The lowest BCUT2D eigenvalue weighted by atomic mass is 10.1. The first kappa shape index (κ1) is 8.54. The molecule has 0 heterocycles. The molecule has 0 aliphatic heterocycles. The first-order valence-corrected chi connectivity index (χ1v) is 4.47. The summed E-state index contributed by atoms with van der Waals surface area (Å²) in [6.07, 6.45) is 1.00. The molecule has 1 aromatic carbocycles. The molecule has 11 heavy (non-hydrogen) atoms. The largest absolute Gasteiger partial charge is 0.0952 e. The third-order valence-electron chi connectivity index (χ3n) is 1.68. The molecule has 58 valence electrons. The standard InChI is InChI=1S/C10H11Br/c1-3-8(2)9-6-4-5-7-10(9)11/h4-7H,2-3H2,1H3. The van der Waals surface area contributed by atoms with Crippen molar-refractivity contribution >= 4 is 21.5 Å². The van der Waals surface area contributed by atoms with Crippen LogP contribution in [-0.4, -0.2) is 0 Å². The summed E-state index contributed by atoms with van der Waals surface area (Å²) in [5.41, 5.74) is 2.40. The number of halogens is 1. The molecule has 1 heteroatoms. The zero-order chi connectivity index (χ0) is 8.27. The Morgan fingerprint density at radius 2 is 2.09 bits per heavy atom. The summed E-state index contributed by atoms with van der Waals surface area (Å²) in [6, 6.07) is 8.16. The Labute approximate surface area is 76.1 Å². The Balaban J connectivity index is 3.03. The van der Waals surface area contributed by atoms with Crippen LogP contribution >= 0.6 is 15.9 Å². The summed E-state index contributed by atoms with van der Waals surface area (Å²) >= 11 is 3.48. The van der Waals surface area contributed by atoms with Gasteiger partial charge in [-0.3, -0.25) is 0 Å². The molecule has 0 aromatic heterocycles. The predicted octanol–water partition coefficient (Wildman–Crippen LogP) is 3.87. The van der Waals surface area contributed by atoms with E-state index in [2.05, 4.69) is 35.5 Å². The van der Waals surface area contributed by atoms with Gasteiger partial charge in [-0.1, -0.05) is 47.6 Å². The Kier molecular flexibility index (Phi) is 2.89. The van der Waals surface area contributed by atoms with Gasteiger partial charge in [-0.15, -0.1) is 0 Å². The van der Waals surface area contributed by atoms with Crippen LogP contribution in [0.1, 0.15) is 18.9 Å². The predicted molar refractivity (Wildman–Crippen MR) is 53.5 cm³/mol. The number of benzene rings is 1. The van der Waals surface area contributed by atoms with Gasteiger partial charge in [0, 0.05) is 4.47 Å². The molecule has 0 fully saturated rings. The fourth-order valence-electron chi connectivity index (χ4n) is 0.938. The van der Waals surface area contributed by atoms with Crippen LogP contribution in [0.2, 0.25) is 0 Å². The average molecular weight is 211 g/mol. The van der Waals surface area contributed by atoms with Crippen molar-refractivity contribution in [1.82, 2.24) is 0 Å². The molecule has 0 atom stereocenters. The van der Waals surface area contributed by atoms with E-state index in [1.165, 1.54) is 11.1 Å². The number of rotatable bonds is 2. The summed E-state index contributed by atoms with van der Waals surface area (Å²) in [6.45, 7) is 6.09. The maximum atomic E-state index is 3.97. The third kappa shape index (κ3) is 1.93. The van der Waals surface area contributed by atoms with Crippen molar-refractivity contribution in [1.29, 1.82) is 0 Å². The van der Waals surface area contributed by atoms with Gasteiger partial charge >= 0.3 is 0 Å². The van der Waals surface area contributed by atoms with Gasteiger partial charge < -0.3 is 0 Å². The highest BCUT2D eigenvalue weighted by atomic mass is 79.9. The van der Waals surface area contributed by atoms with Crippen LogP contribution in [0.3, 0.4) is 0 Å². The molecule has 0 amide bonds. The Hall–Kier alpha value is -0.560. The van der Waals surface area contributed by atoms with Gasteiger partial charge in [-0.25, -0.2) is 0 Å². The average Bonchev–Trinajstić information content (AvgIpc) is 2.04. The van der Waals surface area contributed by atoms with E-state index in [1.807, 2.05) is 18.2 Å². The summed E-state index contributed by atoms with van der Waals surface area (Å²) in [5.74, 6) is 0. The van der Waals surface area contributed by atoms with Gasteiger partial charge in [0.1, 0.15) is 0 Å². The molecular weight excluding hydrogens is 200 g/mol. The van der Waals surface area contributed by atoms with E-state index in [1.54, 1.807) is 0 Å². The summed E-state index contributed by atoms with van der Waals surface area (Å²) in [7, 11) is 0. The van der Waals surface area contributed by atoms with E-state index >= 15 is 0 Å². The molecule has 0 saturated heterocycles. The second-order valence-electron chi connectivity index (χ2n) is 2.44. The Morgan fingerprint density at radius 3 is 2.64 bits per heavy atom. The van der Waals surface area contributed by atoms with E-state index in [-0.39, 0.29) is 0 Å². The van der Waals surface area contributed by atoms with E-state index < -0.39 is 0 Å². The van der Waals surface area contributed by atoms with Crippen molar-refractivity contribution in [3.05, 3.63) is 40.9 Å². The van der Waals surface area contributed by atoms with Gasteiger partial charge in [0.15, 0.2) is 0 Å². The summed E-state index contributed by atoms with van der Waals surface area (Å²) in [5, 5.41) is 0. The van der Waals surface area contributed by atoms with Crippen molar-refractivity contribution in [2.24, 2.45) is 0 Å². The minimum atomic E-state index is 1.00. The van der Waals surface area contributed by atoms with Crippen molar-refractivity contribution in [3.63, 3.8) is 0 Å².